The molecule has 6 heteroatoms. The van der Waals surface area contributed by atoms with Crippen molar-refractivity contribution in [1.29, 1.82) is 0 Å². The van der Waals surface area contributed by atoms with Crippen LogP contribution < -0.4 is 10.6 Å². The number of likely N-dealkylation sites (N-methyl/N-ethyl adjacent to an activating group) is 1. The molecule has 1 aliphatic carbocycles. The Morgan fingerprint density at radius 1 is 1.29 bits per heavy atom. The van der Waals surface area contributed by atoms with Crippen molar-refractivity contribution in [1.82, 2.24) is 10.2 Å². The first-order chi connectivity index (χ1) is 9.97. The SMILES string of the molecule is CN(C)CCNC(=O)C1CC1C(=O)Nc1cccc(Br)c1. The van der Waals surface area contributed by atoms with Gasteiger partial charge in [-0.05, 0) is 38.7 Å². The van der Waals surface area contributed by atoms with Crippen molar-refractivity contribution in [2.75, 3.05) is 32.5 Å². The summed E-state index contributed by atoms with van der Waals surface area (Å²) < 4.78 is 0.911. The first-order valence-electron chi connectivity index (χ1n) is 6.96. The molecule has 21 heavy (non-hydrogen) atoms. The standard InChI is InChI=1S/C15H20BrN3O2/c1-19(2)7-6-17-14(20)12-9-13(12)15(21)18-11-5-3-4-10(16)8-11/h3-5,8,12-13H,6-7,9H2,1-2H3,(H,17,20)(H,18,21). The molecule has 2 atom stereocenters. The van der Waals surface area contributed by atoms with E-state index in [2.05, 4.69) is 26.6 Å². The van der Waals surface area contributed by atoms with Gasteiger partial charge in [-0.1, -0.05) is 22.0 Å². The minimum absolute atomic E-state index is 0.0220. The molecule has 2 N–H and O–H groups in total. The Bertz CT molecular complexity index is 533. The fourth-order valence-corrected chi connectivity index (χ4v) is 2.51. The lowest BCUT2D eigenvalue weighted by atomic mass is 10.2. The predicted molar refractivity (Wildman–Crippen MR) is 85.9 cm³/mol. The summed E-state index contributed by atoms with van der Waals surface area (Å²) in [6, 6.07) is 7.43. The maximum absolute atomic E-state index is 12.1. The molecule has 0 spiro atoms. The second kappa shape index (κ2) is 7.04. The Morgan fingerprint density at radius 2 is 2.00 bits per heavy atom. The Kier molecular flexibility index (Phi) is 5.36. The minimum atomic E-state index is -0.205. The van der Waals surface area contributed by atoms with E-state index in [1.165, 1.54) is 0 Å². The van der Waals surface area contributed by atoms with E-state index in [-0.39, 0.29) is 23.7 Å². The van der Waals surface area contributed by atoms with Crippen LogP contribution >= 0.6 is 15.9 Å². The van der Waals surface area contributed by atoms with Gasteiger partial charge in [0, 0.05) is 23.2 Å². The van der Waals surface area contributed by atoms with E-state index < -0.39 is 0 Å². The summed E-state index contributed by atoms with van der Waals surface area (Å²) in [5, 5.41) is 5.71. The van der Waals surface area contributed by atoms with Crippen LogP contribution in [0.4, 0.5) is 5.69 Å². The lowest BCUT2D eigenvalue weighted by molar-refractivity contribution is -0.125. The quantitative estimate of drug-likeness (QED) is 0.818. The topological polar surface area (TPSA) is 61.4 Å². The summed E-state index contributed by atoms with van der Waals surface area (Å²) >= 11 is 3.36. The molecule has 1 saturated carbocycles. The molecular weight excluding hydrogens is 334 g/mol. The zero-order valence-corrected chi connectivity index (χ0v) is 13.8. The van der Waals surface area contributed by atoms with Crippen molar-refractivity contribution in [2.45, 2.75) is 6.42 Å². The second-order valence-corrected chi connectivity index (χ2v) is 6.46. The normalized spacial score (nSPS) is 20.2. The molecule has 0 saturated heterocycles. The number of halogens is 1. The van der Waals surface area contributed by atoms with Gasteiger partial charge in [0.25, 0.3) is 0 Å². The molecule has 0 aliphatic heterocycles. The third-order valence-electron chi connectivity index (χ3n) is 3.41. The van der Waals surface area contributed by atoms with Crippen molar-refractivity contribution < 1.29 is 9.59 Å². The van der Waals surface area contributed by atoms with E-state index in [1.807, 2.05) is 43.3 Å². The highest BCUT2D eigenvalue weighted by atomic mass is 79.9. The van der Waals surface area contributed by atoms with Crippen molar-refractivity contribution in [3.8, 4) is 0 Å². The smallest absolute Gasteiger partial charge is 0.228 e. The number of rotatable bonds is 6. The Labute approximate surface area is 133 Å². The Hall–Kier alpha value is -1.40. The van der Waals surface area contributed by atoms with Gasteiger partial charge in [-0.3, -0.25) is 9.59 Å². The Morgan fingerprint density at radius 3 is 2.67 bits per heavy atom. The van der Waals surface area contributed by atoms with E-state index in [9.17, 15) is 9.59 Å². The molecule has 2 unspecified atom stereocenters. The van der Waals surface area contributed by atoms with Gasteiger partial charge in [-0.25, -0.2) is 0 Å². The number of amides is 2. The second-order valence-electron chi connectivity index (χ2n) is 5.54. The number of hydrogen-bond donors (Lipinski definition) is 2. The van der Waals surface area contributed by atoms with Crippen LogP contribution in [0.5, 0.6) is 0 Å². The first kappa shape index (κ1) is 16.0. The number of carbonyl (C=O) groups is 2. The highest BCUT2D eigenvalue weighted by Crippen LogP contribution is 2.39. The third kappa shape index (κ3) is 4.82. The summed E-state index contributed by atoms with van der Waals surface area (Å²) in [4.78, 5) is 26.0. The van der Waals surface area contributed by atoms with Crippen LogP contribution in [0.2, 0.25) is 0 Å². The zero-order valence-electron chi connectivity index (χ0n) is 12.2. The van der Waals surface area contributed by atoms with Crippen molar-refractivity contribution >= 4 is 33.4 Å². The predicted octanol–water partition coefficient (Wildman–Crippen LogP) is 1.70. The first-order valence-corrected chi connectivity index (χ1v) is 7.75. The van der Waals surface area contributed by atoms with Crippen LogP contribution in [-0.4, -0.2) is 43.9 Å². The van der Waals surface area contributed by atoms with Gasteiger partial charge in [0.05, 0.1) is 11.8 Å². The number of benzene rings is 1. The minimum Gasteiger partial charge on any atom is -0.355 e. The summed E-state index contributed by atoms with van der Waals surface area (Å²) in [7, 11) is 3.91. The highest BCUT2D eigenvalue weighted by molar-refractivity contribution is 9.10. The van der Waals surface area contributed by atoms with Crippen molar-refractivity contribution in [2.24, 2.45) is 11.8 Å². The molecule has 0 radical (unpaired) electrons. The van der Waals surface area contributed by atoms with Gasteiger partial charge in [0.15, 0.2) is 0 Å². The van der Waals surface area contributed by atoms with Gasteiger partial charge in [0.1, 0.15) is 0 Å². The fraction of sp³-hybridized carbons (Fsp3) is 0.467. The molecule has 1 aromatic carbocycles. The number of carbonyl (C=O) groups excluding carboxylic acids is 2. The van der Waals surface area contributed by atoms with Gasteiger partial charge >= 0.3 is 0 Å². The fourth-order valence-electron chi connectivity index (χ4n) is 2.11. The van der Waals surface area contributed by atoms with Gasteiger partial charge < -0.3 is 15.5 Å². The average Bonchev–Trinajstić information content (AvgIpc) is 3.18. The van der Waals surface area contributed by atoms with Gasteiger partial charge in [-0.2, -0.15) is 0 Å². The number of nitrogens with zero attached hydrogens (tertiary/aromatic N) is 1. The molecule has 0 bridgehead atoms. The van der Waals surface area contributed by atoms with Crippen LogP contribution in [0, 0.1) is 11.8 Å². The van der Waals surface area contributed by atoms with E-state index in [1.54, 1.807) is 0 Å². The van der Waals surface area contributed by atoms with E-state index in [0.717, 1.165) is 16.7 Å². The summed E-state index contributed by atoms with van der Waals surface area (Å²) in [6.45, 7) is 1.41. The molecule has 1 fully saturated rings. The maximum Gasteiger partial charge on any atom is 0.228 e. The number of hydrogen-bond acceptors (Lipinski definition) is 3. The molecule has 114 valence electrons. The van der Waals surface area contributed by atoms with Crippen LogP contribution in [0.15, 0.2) is 28.7 Å². The summed E-state index contributed by atoms with van der Waals surface area (Å²) in [5.74, 6) is -0.491. The van der Waals surface area contributed by atoms with E-state index in [0.29, 0.717) is 13.0 Å². The zero-order chi connectivity index (χ0) is 15.4. The van der Waals surface area contributed by atoms with Crippen LogP contribution in [0.3, 0.4) is 0 Å². The Balaban J connectivity index is 1.77. The van der Waals surface area contributed by atoms with E-state index >= 15 is 0 Å². The van der Waals surface area contributed by atoms with Crippen LogP contribution in [-0.2, 0) is 9.59 Å². The number of nitrogens with one attached hydrogen (secondary N) is 2. The molecule has 1 aliphatic rings. The maximum atomic E-state index is 12.1. The van der Waals surface area contributed by atoms with E-state index in [4.69, 9.17) is 0 Å². The lowest BCUT2D eigenvalue weighted by Gasteiger charge is -2.10. The largest absolute Gasteiger partial charge is 0.355 e. The molecule has 0 aromatic heterocycles. The average molecular weight is 354 g/mol. The highest BCUT2D eigenvalue weighted by Gasteiger charge is 2.47. The van der Waals surface area contributed by atoms with Crippen molar-refractivity contribution in [3.63, 3.8) is 0 Å². The van der Waals surface area contributed by atoms with Crippen LogP contribution in [0.1, 0.15) is 6.42 Å². The summed E-state index contributed by atoms with van der Waals surface area (Å²) in [6.07, 6.45) is 0.633. The van der Waals surface area contributed by atoms with Crippen LogP contribution in [0.25, 0.3) is 0 Å². The molecule has 1 aromatic rings. The lowest BCUT2D eigenvalue weighted by Crippen LogP contribution is -2.33. The number of anilines is 1. The van der Waals surface area contributed by atoms with Gasteiger partial charge in [0.2, 0.25) is 11.8 Å². The molecule has 0 heterocycles. The third-order valence-corrected chi connectivity index (χ3v) is 3.91. The molecule has 5 nitrogen and oxygen atoms in total. The van der Waals surface area contributed by atoms with Gasteiger partial charge in [-0.15, -0.1) is 0 Å². The van der Waals surface area contributed by atoms with Crippen molar-refractivity contribution in [3.05, 3.63) is 28.7 Å². The summed E-state index contributed by atoms with van der Waals surface area (Å²) in [5.41, 5.74) is 0.744. The molecule has 2 rings (SSSR count). The molecule has 2 amide bonds. The monoisotopic (exact) mass is 353 g/mol. The molecular formula is C15H20BrN3O2.